The number of hydrogen-bond acceptors (Lipinski definition) is 4. The number of nitrogens with one attached hydrogen (secondary N) is 2. The molecule has 0 unspecified atom stereocenters. The SMILES string of the molecule is N#Cc1cccc(NCC(=O)NC2CC2)c1N. The van der Waals surface area contributed by atoms with Crippen LogP contribution in [0.3, 0.4) is 0 Å². The van der Waals surface area contributed by atoms with Crippen molar-refractivity contribution in [2.24, 2.45) is 0 Å². The zero-order valence-electron chi connectivity index (χ0n) is 9.36. The van der Waals surface area contributed by atoms with Gasteiger partial charge in [-0.25, -0.2) is 0 Å². The molecule has 1 amide bonds. The van der Waals surface area contributed by atoms with E-state index >= 15 is 0 Å². The molecule has 0 aliphatic heterocycles. The summed E-state index contributed by atoms with van der Waals surface area (Å²) in [4.78, 5) is 11.5. The molecule has 1 aliphatic carbocycles. The van der Waals surface area contributed by atoms with Gasteiger partial charge in [0, 0.05) is 6.04 Å². The third kappa shape index (κ3) is 2.88. The molecule has 1 aromatic carbocycles. The van der Waals surface area contributed by atoms with Crippen molar-refractivity contribution in [2.75, 3.05) is 17.6 Å². The molecule has 5 nitrogen and oxygen atoms in total. The zero-order valence-corrected chi connectivity index (χ0v) is 9.36. The molecular formula is C12H14N4O. The van der Waals surface area contributed by atoms with Crippen molar-refractivity contribution in [2.45, 2.75) is 18.9 Å². The number of anilines is 2. The van der Waals surface area contributed by atoms with Crippen LogP contribution in [0.15, 0.2) is 18.2 Å². The lowest BCUT2D eigenvalue weighted by Crippen LogP contribution is -2.31. The first kappa shape index (κ1) is 11.3. The highest BCUT2D eigenvalue weighted by atomic mass is 16.2. The minimum atomic E-state index is -0.0470. The Morgan fingerprint density at radius 2 is 2.29 bits per heavy atom. The first-order valence-electron chi connectivity index (χ1n) is 5.52. The maximum Gasteiger partial charge on any atom is 0.239 e. The molecule has 0 spiro atoms. The van der Waals surface area contributed by atoms with Gasteiger partial charge in [0.05, 0.1) is 23.5 Å². The van der Waals surface area contributed by atoms with Gasteiger partial charge in [-0.15, -0.1) is 0 Å². The van der Waals surface area contributed by atoms with Crippen LogP contribution in [-0.4, -0.2) is 18.5 Å². The van der Waals surface area contributed by atoms with Crippen molar-refractivity contribution in [3.05, 3.63) is 23.8 Å². The predicted molar refractivity (Wildman–Crippen MR) is 65.2 cm³/mol. The molecule has 0 radical (unpaired) electrons. The van der Waals surface area contributed by atoms with Crippen LogP contribution in [0.25, 0.3) is 0 Å². The van der Waals surface area contributed by atoms with Gasteiger partial charge < -0.3 is 16.4 Å². The van der Waals surface area contributed by atoms with Gasteiger partial charge in [0.25, 0.3) is 0 Å². The van der Waals surface area contributed by atoms with E-state index in [1.54, 1.807) is 18.2 Å². The van der Waals surface area contributed by atoms with E-state index in [2.05, 4.69) is 10.6 Å². The predicted octanol–water partition coefficient (Wildman–Crippen LogP) is 0.831. The second-order valence-electron chi connectivity index (χ2n) is 4.07. The molecule has 88 valence electrons. The van der Waals surface area contributed by atoms with Gasteiger partial charge in [0.2, 0.25) is 5.91 Å². The van der Waals surface area contributed by atoms with Crippen LogP contribution < -0.4 is 16.4 Å². The maximum absolute atomic E-state index is 11.5. The van der Waals surface area contributed by atoms with E-state index in [4.69, 9.17) is 11.0 Å². The number of nitrogens with zero attached hydrogens (tertiary/aromatic N) is 1. The second-order valence-corrected chi connectivity index (χ2v) is 4.07. The number of carbonyl (C=O) groups excluding carboxylic acids is 1. The van der Waals surface area contributed by atoms with Gasteiger partial charge in [0.15, 0.2) is 0 Å². The molecule has 1 aliphatic rings. The molecular weight excluding hydrogens is 216 g/mol. The van der Waals surface area contributed by atoms with E-state index in [9.17, 15) is 4.79 Å². The van der Waals surface area contributed by atoms with Crippen LogP contribution in [-0.2, 0) is 4.79 Å². The fourth-order valence-corrected chi connectivity index (χ4v) is 1.50. The molecule has 17 heavy (non-hydrogen) atoms. The van der Waals surface area contributed by atoms with Crippen LogP contribution >= 0.6 is 0 Å². The number of nitrogen functional groups attached to an aromatic ring is 1. The van der Waals surface area contributed by atoms with Crippen LogP contribution in [0.2, 0.25) is 0 Å². The Hall–Kier alpha value is -2.22. The fraction of sp³-hybridized carbons (Fsp3) is 0.333. The summed E-state index contributed by atoms with van der Waals surface area (Å²) in [6, 6.07) is 7.48. The smallest absolute Gasteiger partial charge is 0.239 e. The molecule has 0 bridgehead atoms. The van der Waals surface area contributed by atoms with Crippen molar-refractivity contribution in [1.29, 1.82) is 5.26 Å². The molecule has 0 heterocycles. The topological polar surface area (TPSA) is 90.9 Å². The molecule has 5 heteroatoms. The van der Waals surface area contributed by atoms with Gasteiger partial charge in [-0.2, -0.15) is 5.26 Å². The van der Waals surface area contributed by atoms with Gasteiger partial charge in [-0.3, -0.25) is 4.79 Å². The number of nitriles is 1. The molecule has 4 N–H and O–H groups in total. The van der Waals surface area contributed by atoms with Crippen molar-refractivity contribution < 1.29 is 4.79 Å². The number of para-hydroxylation sites is 1. The van der Waals surface area contributed by atoms with Crippen molar-refractivity contribution in [3.63, 3.8) is 0 Å². The minimum absolute atomic E-state index is 0.0470. The average Bonchev–Trinajstić information content (AvgIpc) is 3.11. The lowest BCUT2D eigenvalue weighted by atomic mass is 10.1. The first-order valence-corrected chi connectivity index (χ1v) is 5.52. The molecule has 0 aromatic heterocycles. The van der Waals surface area contributed by atoms with Crippen molar-refractivity contribution >= 4 is 17.3 Å². The Morgan fingerprint density at radius 3 is 2.94 bits per heavy atom. The summed E-state index contributed by atoms with van der Waals surface area (Å²) >= 11 is 0. The van der Waals surface area contributed by atoms with Gasteiger partial charge in [-0.1, -0.05) is 6.07 Å². The van der Waals surface area contributed by atoms with Crippen LogP contribution in [0.4, 0.5) is 11.4 Å². The van der Waals surface area contributed by atoms with E-state index in [1.807, 2.05) is 6.07 Å². The molecule has 0 atom stereocenters. The highest BCUT2D eigenvalue weighted by Crippen LogP contribution is 2.22. The number of hydrogen-bond donors (Lipinski definition) is 3. The van der Waals surface area contributed by atoms with Crippen LogP contribution in [0.5, 0.6) is 0 Å². The van der Waals surface area contributed by atoms with E-state index in [0.29, 0.717) is 23.0 Å². The van der Waals surface area contributed by atoms with Gasteiger partial charge in [0.1, 0.15) is 6.07 Å². The summed E-state index contributed by atoms with van der Waals surface area (Å²) in [7, 11) is 0. The lowest BCUT2D eigenvalue weighted by molar-refractivity contribution is -0.119. The maximum atomic E-state index is 11.5. The number of nitrogens with two attached hydrogens (primary N) is 1. The highest BCUT2D eigenvalue weighted by molar-refractivity contribution is 5.83. The Morgan fingerprint density at radius 1 is 1.53 bits per heavy atom. The number of amides is 1. The highest BCUT2D eigenvalue weighted by Gasteiger charge is 2.22. The van der Waals surface area contributed by atoms with Crippen LogP contribution in [0, 0.1) is 11.3 Å². The third-order valence-electron chi connectivity index (χ3n) is 2.61. The standard InChI is InChI=1S/C12H14N4O/c13-6-8-2-1-3-10(12(8)14)15-7-11(17)16-9-4-5-9/h1-3,9,15H,4-5,7,14H2,(H,16,17). The van der Waals surface area contributed by atoms with E-state index in [0.717, 1.165) is 12.8 Å². The molecule has 1 saturated carbocycles. The summed E-state index contributed by atoms with van der Waals surface area (Å²) in [5.74, 6) is -0.0470. The Labute approximate surface area is 99.6 Å². The lowest BCUT2D eigenvalue weighted by Gasteiger charge is -2.10. The first-order chi connectivity index (χ1) is 8.20. The van der Waals surface area contributed by atoms with E-state index in [1.165, 1.54) is 0 Å². The van der Waals surface area contributed by atoms with Crippen molar-refractivity contribution in [3.8, 4) is 6.07 Å². The number of carbonyl (C=O) groups is 1. The Balaban J connectivity index is 1.94. The largest absolute Gasteiger partial charge is 0.396 e. The normalized spacial score (nSPS) is 13.8. The molecule has 2 rings (SSSR count). The summed E-state index contributed by atoms with van der Waals surface area (Å²) in [5.41, 5.74) is 7.20. The van der Waals surface area contributed by atoms with Crippen molar-refractivity contribution in [1.82, 2.24) is 5.32 Å². The second kappa shape index (κ2) is 4.74. The number of rotatable bonds is 4. The Kier molecular flexibility index (Phi) is 3.15. The summed E-state index contributed by atoms with van der Waals surface area (Å²) in [6.45, 7) is 0.176. The number of benzene rings is 1. The zero-order chi connectivity index (χ0) is 12.3. The monoisotopic (exact) mass is 230 g/mol. The summed E-state index contributed by atoms with van der Waals surface area (Å²) < 4.78 is 0. The van der Waals surface area contributed by atoms with E-state index in [-0.39, 0.29) is 12.5 Å². The third-order valence-corrected chi connectivity index (χ3v) is 2.61. The minimum Gasteiger partial charge on any atom is -0.396 e. The quantitative estimate of drug-likeness (QED) is 0.668. The van der Waals surface area contributed by atoms with Gasteiger partial charge in [-0.05, 0) is 25.0 Å². The molecule has 1 fully saturated rings. The van der Waals surface area contributed by atoms with Crippen LogP contribution in [0.1, 0.15) is 18.4 Å². The molecule has 0 saturated heterocycles. The Bertz CT molecular complexity index is 474. The fourth-order valence-electron chi connectivity index (χ4n) is 1.50. The van der Waals surface area contributed by atoms with Gasteiger partial charge >= 0.3 is 0 Å². The molecule has 1 aromatic rings. The summed E-state index contributed by atoms with van der Waals surface area (Å²) in [5, 5.41) is 14.6. The average molecular weight is 230 g/mol. The summed E-state index contributed by atoms with van der Waals surface area (Å²) in [6.07, 6.45) is 2.13. The van der Waals surface area contributed by atoms with E-state index < -0.39 is 0 Å².